The normalized spacial score (nSPS) is 35.0. The molecule has 0 aromatic heterocycles. The molecule has 0 radical (unpaired) electrons. The number of rotatable bonds is 2. The van der Waals surface area contributed by atoms with E-state index in [4.69, 9.17) is 0 Å². The largest absolute Gasteiger partial charge is 0.307 e. The van der Waals surface area contributed by atoms with Crippen molar-refractivity contribution < 1.29 is 0 Å². The first-order chi connectivity index (χ1) is 5.68. The second-order valence-electron chi connectivity index (χ2n) is 4.81. The summed E-state index contributed by atoms with van der Waals surface area (Å²) in [5.41, 5.74) is 0.496. The molecule has 0 bridgehead atoms. The Morgan fingerprint density at radius 3 is 2.58 bits per heavy atom. The maximum absolute atomic E-state index is 3.78. The van der Waals surface area contributed by atoms with Crippen molar-refractivity contribution in [2.75, 3.05) is 20.1 Å². The molecule has 1 saturated carbocycles. The van der Waals surface area contributed by atoms with Crippen molar-refractivity contribution in [1.82, 2.24) is 10.2 Å². The third kappa shape index (κ3) is 1.64. The van der Waals surface area contributed by atoms with Gasteiger partial charge in [-0.25, -0.2) is 0 Å². The second-order valence-corrected chi connectivity index (χ2v) is 4.81. The van der Waals surface area contributed by atoms with Crippen molar-refractivity contribution in [2.45, 2.75) is 44.2 Å². The van der Waals surface area contributed by atoms with Crippen LogP contribution < -0.4 is 5.32 Å². The monoisotopic (exact) mass is 168 g/mol. The molecular weight excluding hydrogens is 148 g/mol. The molecule has 1 heterocycles. The molecule has 2 rings (SSSR count). The van der Waals surface area contributed by atoms with Crippen LogP contribution in [-0.4, -0.2) is 36.6 Å². The van der Waals surface area contributed by atoms with Crippen molar-refractivity contribution in [3.8, 4) is 0 Å². The number of likely N-dealkylation sites (tertiary alicyclic amines) is 1. The van der Waals surface area contributed by atoms with Crippen molar-refractivity contribution in [3.05, 3.63) is 0 Å². The Balaban J connectivity index is 1.79. The Kier molecular flexibility index (Phi) is 2.13. The lowest BCUT2D eigenvalue weighted by Gasteiger charge is -2.41. The quantitative estimate of drug-likeness (QED) is 0.667. The van der Waals surface area contributed by atoms with Crippen LogP contribution in [-0.2, 0) is 0 Å². The van der Waals surface area contributed by atoms with Gasteiger partial charge in [-0.1, -0.05) is 0 Å². The van der Waals surface area contributed by atoms with Gasteiger partial charge in [-0.2, -0.15) is 0 Å². The van der Waals surface area contributed by atoms with Crippen molar-refractivity contribution in [2.24, 2.45) is 0 Å². The summed E-state index contributed by atoms with van der Waals surface area (Å²) in [7, 11) is 2.21. The van der Waals surface area contributed by atoms with E-state index in [9.17, 15) is 0 Å². The summed E-state index contributed by atoms with van der Waals surface area (Å²) in [5, 5.41) is 3.78. The Hall–Kier alpha value is -0.0800. The highest BCUT2D eigenvalue weighted by atomic mass is 15.2. The minimum absolute atomic E-state index is 0.496. The highest BCUT2D eigenvalue weighted by Gasteiger charge is 2.34. The molecule has 0 aromatic carbocycles. The first kappa shape index (κ1) is 8.52. The molecule has 2 nitrogen and oxygen atoms in total. The third-order valence-electron chi connectivity index (χ3n) is 3.40. The van der Waals surface area contributed by atoms with Gasteiger partial charge in [-0.05, 0) is 46.2 Å². The van der Waals surface area contributed by atoms with E-state index in [0.717, 1.165) is 6.04 Å². The Labute approximate surface area is 75.3 Å². The number of nitrogens with one attached hydrogen (secondary N) is 1. The Bertz CT molecular complexity index is 163. The van der Waals surface area contributed by atoms with E-state index in [-0.39, 0.29) is 0 Å². The lowest BCUT2D eigenvalue weighted by Crippen LogP contribution is -2.53. The fraction of sp³-hybridized carbons (Fsp3) is 1.00. The molecule has 2 aliphatic rings. The molecule has 1 aliphatic heterocycles. The van der Waals surface area contributed by atoms with Gasteiger partial charge in [0.1, 0.15) is 0 Å². The Morgan fingerprint density at radius 1 is 1.42 bits per heavy atom. The standard InChI is InChI=1S/C10H20N2/c1-10(5-3-6-10)11-9-4-7-12(2)8-9/h9,11H,3-8H2,1-2H3/t9-/m1/s1. The van der Waals surface area contributed by atoms with Gasteiger partial charge in [0.15, 0.2) is 0 Å². The molecule has 12 heavy (non-hydrogen) atoms. The summed E-state index contributed by atoms with van der Waals surface area (Å²) in [5.74, 6) is 0. The summed E-state index contributed by atoms with van der Waals surface area (Å²) in [6, 6.07) is 0.764. The van der Waals surface area contributed by atoms with Crippen molar-refractivity contribution >= 4 is 0 Å². The zero-order chi connectivity index (χ0) is 8.60. The molecule has 70 valence electrons. The highest BCUT2D eigenvalue weighted by molar-refractivity contribution is 4.95. The summed E-state index contributed by atoms with van der Waals surface area (Å²) in [6.45, 7) is 4.89. The van der Waals surface area contributed by atoms with Crippen LogP contribution in [0.2, 0.25) is 0 Å². The summed E-state index contributed by atoms with van der Waals surface area (Å²) < 4.78 is 0. The van der Waals surface area contributed by atoms with Gasteiger partial charge in [0.05, 0.1) is 0 Å². The van der Waals surface area contributed by atoms with Crippen molar-refractivity contribution in [1.29, 1.82) is 0 Å². The van der Waals surface area contributed by atoms with E-state index in [1.807, 2.05) is 0 Å². The van der Waals surface area contributed by atoms with E-state index in [1.165, 1.54) is 38.8 Å². The molecule has 0 unspecified atom stereocenters. The van der Waals surface area contributed by atoms with Crippen molar-refractivity contribution in [3.63, 3.8) is 0 Å². The number of likely N-dealkylation sites (N-methyl/N-ethyl adjacent to an activating group) is 1. The molecule has 2 fully saturated rings. The molecular formula is C10H20N2. The zero-order valence-corrected chi connectivity index (χ0v) is 8.27. The van der Waals surface area contributed by atoms with Crippen LogP contribution in [0.25, 0.3) is 0 Å². The summed E-state index contributed by atoms with van der Waals surface area (Å²) in [4.78, 5) is 2.42. The number of hydrogen-bond acceptors (Lipinski definition) is 2. The van der Waals surface area contributed by atoms with Gasteiger partial charge >= 0.3 is 0 Å². The van der Waals surface area contributed by atoms with Crippen LogP contribution >= 0.6 is 0 Å². The molecule has 1 aliphatic carbocycles. The van der Waals surface area contributed by atoms with Gasteiger partial charge in [0, 0.05) is 18.1 Å². The average Bonchev–Trinajstić information content (AvgIpc) is 2.32. The summed E-state index contributed by atoms with van der Waals surface area (Å²) in [6.07, 6.45) is 5.53. The first-order valence-electron chi connectivity index (χ1n) is 5.14. The SMILES string of the molecule is CN1CC[C@@H](NC2(C)CCC2)C1. The van der Waals surface area contributed by atoms with Crippen LogP contribution in [0.4, 0.5) is 0 Å². The fourth-order valence-electron chi connectivity index (χ4n) is 2.40. The van der Waals surface area contributed by atoms with Gasteiger partial charge in [0.25, 0.3) is 0 Å². The van der Waals surface area contributed by atoms with Gasteiger partial charge in [-0.15, -0.1) is 0 Å². The van der Waals surface area contributed by atoms with Crippen LogP contribution in [0.5, 0.6) is 0 Å². The Morgan fingerprint density at radius 2 is 2.17 bits per heavy atom. The van der Waals surface area contributed by atoms with Crippen LogP contribution in [0.3, 0.4) is 0 Å². The van der Waals surface area contributed by atoms with Gasteiger partial charge < -0.3 is 10.2 Å². The van der Waals surface area contributed by atoms with Gasteiger partial charge in [0.2, 0.25) is 0 Å². The highest BCUT2D eigenvalue weighted by Crippen LogP contribution is 2.32. The maximum atomic E-state index is 3.78. The lowest BCUT2D eigenvalue weighted by molar-refractivity contribution is 0.185. The van der Waals surface area contributed by atoms with E-state index < -0.39 is 0 Å². The predicted octanol–water partition coefficient (Wildman–Crippen LogP) is 1.22. The number of nitrogens with zero attached hydrogens (tertiary/aromatic N) is 1. The van der Waals surface area contributed by atoms with E-state index >= 15 is 0 Å². The number of hydrogen-bond donors (Lipinski definition) is 1. The van der Waals surface area contributed by atoms with E-state index in [2.05, 4.69) is 24.2 Å². The first-order valence-corrected chi connectivity index (χ1v) is 5.14. The fourth-order valence-corrected chi connectivity index (χ4v) is 2.40. The van der Waals surface area contributed by atoms with E-state index in [0.29, 0.717) is 5.54 Å². The van der Waals surface area contributed by atoms with Crippen LogP contribution in [0.1, 0.15) is 32.6 Å². The molecule has 1 saturated heterocycles. The third-order valence-corrected chi connectivity index (χ3v) is 3.40. The van der Waals surface area contributed by atoms with Crippen LogP contribution in [0, 0.1) is 0 Å². The molecule has 0 aromatic rings. The zero-order valence-electron chi connectivity index (χ0n) is 8.27. The molecule has 0 amide bonds. The predicted molar refractivity (Wildman–Crippen MR) is 51.3 cm³/mol. The second kappa shape index (κ2) is 3.00. The molecule has 1 N–H and O–H groups in total. The average molecular weight is 168 g/mol. The molecule has 0 spiro atoms. The van der Waals surface area contributed by atoms with E-state index in [1.54, 1.807) is 0 Å². The minimum Gasteiger partial charge on any atom is -0.307 e. The van der Waals surface area contributed by atoms with Crippen LogP contribution in [0.15, 0.2) is 0 Å². The smallest absolute Gasteiger partial charge is 0.0212 e. The minimum atomic E-state index is 0.496. The summed E-state index contributed by atoms with van der Waals surface area (Å²) >= 11 is 0. The maximum Gasteiger partial charge on any atom is 0.0212 e. The van der Waals surface area contributed by atoms with Gasteiger partial charge in [-0.3, -0.25) is 0 Å². The topological polar surface area (TPSA) is 15.3 Å². The molecule has 2 heteroatoms. The molecule has 1 atom stereocenters. The lowest BCUT2D eigenvalue weighted by atomic mass is 9.78.